The second-order valence-electron chi connectivity index (χ2n) is 2.83. The molecule has 0 amide bonds. The molecule has 1 N–H and O–H groups in total. The molecule has 4 heteroatoms. The van der Waals surface area contributed by atoms with Gasteiger partial charge in [0.1, 0.15) is 17.1 Å². The highest BCUT2D eigenvalue weighted by atomic mass is 19.1. The summed E-state index contributed by atoms with van der Waals surface area (Å²) in [6, 6.07) is 0. The summed E-state index contributed by atoms with van der Waals surface area (Å²) in [6.45, 7) is 1.06. The molecule has 0 bridgehead atoms. The van der Waals surface area contributed by atoms with Crippen LogP contribution in [0.25, 0.3) is 0 Å². The van der Waals surface area contributed by atoms with E-state index in [0.717, 1.165) is 13.0 Å². The lowest BCUT2D eigenvalue weighted by Crippen LogP contribution is -2.28. The van der Waals surface area contributed by atoms with Crippen molar-refractivity contribution in [1.82, 2.24) is 0 Å². The first-order chi connectivity index (χ1) is 5.45. The largest absolute Gasteiger partial charge is 0.478 e. The molecule has 0 aromatic heterocycles. The number of rotatable bonds is 1. The third-order valence-corrected chi connectivity index (χ3v) is 1.74. The number of carboxylic acid groups (broad SMARTS) is 1. The highest BCUT2D eigenvalue weighted by Gasteiger charge is 2.37. The summed E-state index contributed by atoms with van der Waals surface area (Å²) in [5, 5.41) is 8.47. The smallest absolute Gasteiger partial charge is 0.337 e. The van der Waals surface area contributed by atoms with Crippen LogP contribution in [0.4, 0.5) is 8.78 Å². The van der Waals surface area contributed by atoms with Crippen LogP contribution in [-0.4, -0.2) is 16.7 Å². The molecule has 0 saturated heterocycles. The predicted molar refractivity (Wildman–Crippen MR) is 39.0 cm³/mol. The molecule has 0 heterocycles. The van der Waals surface area contributed by atoms with Crippen molar-refractivity contribution in [3.05, 3.63) is 23.6 Å². The Bertz CT molecular complexity index is 277. The second-order valence-corrected chi connectivity index (χ2v) is 2.83. The molecule has 0 saturated carbocycles. The van der Waals surface area contributed by atoms with Crippen molar-refractivity contribution in [3.63, 3.8) is 0 Å². The van der Waals surface area contributed by atoms with E-state index in [-0.39, 0.29) is 6.42 Å². The molecular weight excluding hydrogens is 166 g/mol. The lowest BCUT2D eigenvalue weighted by Gasteiger charge is -2.22. The van der Waals surface area contributed by atoms with Gasteiger partial charge in [0.25, 0.3) is 0 Å². The first kappa shape index (κ1) is 8.90. The molecule has 2 nitrogen and oxygen atoms in total. The molecule has 66 valence electrons. The highest BCUT2D eigenvalue weighted by Crippen LogP contribution is 2.33. The van der Waals surface area contributed by atoms with E-state index in [1.807, 2.05) is 0 Å². The van der Waals surface area contributed by atoms with Gasteiger partial charge in [-0.2, -0.15) is 0 Å². The molecule has 1 aliphatic rings. The Hall–Kier alpha value is -1.19. The topological polar surface area (TPSA) is 37.3 Å². The lowest BCUT2D eigenvalue weighted by molar-refractivity contribution is -0.134. The van der Waals surface area contributed by atoms with E-state index in [1.165, 1.54) is 6.08 Å². The zero-order chi connectivity index (χ0) is 9.35. The van der Waals surface area contributed by atoms with Crippen LogP contribution in [0.1, 0.15) is 13.3 Å². The third kappa shape index (κ3) is 1.37. The van der Waals surface area contributed by atoms with E-state index in [4.69, 9.17) is 5.11 Å². The first-order valence-corrected chi connectivity index (χ1v) is 3.44. The zero-order valence-electron chi connectivity index (χ0n) is 6.47. The molecule has 1 aliphatic carbocycles. The Morgan fingerprint density at radius 2 is 2.33 bits per heavy atom. The van der Waals surface area contributed by atoms with Crippen LogP contribution in [0.3, 0.4) is 0 Å². The van der Waals surface area contributed by atoms with Crippen LogP contribution in [0, 0.1) is 0 Å². The number of carbonyl (C=O) groups is 1. The predicted octanol–water partition coefficient (Wildman–Crippen LogP) is 1.98. The van der Waals surface area contributed by atoms with Gasteiger partial charge in [0, 0.05) is 6.42 Å². The summed E-state index contributed by atoms with van der Waals surface area (Å²) in [7, 11) is 0. The number of alkyl halides is 1. The second kappa shape index (κ2) is 2.69. The van der Waals surface area contributed by atoms with Gasteiger partial charge in [-0.3, -0.25) is 0 Å². The number of allylic oxidation sites excluding steroid dienone is 3. The Kier molecular flexibility index (Phi) is 2.00. The molecule has 0 aliphatic heterocycles. The summed E-state index contributed by atoms with van der Waals surface area (Å²) in [6.07, 6.45) is 2.16. The van der Waals surface area contributed by atoms with Crippen molar-refractivity contribution in [3.8, 4) is 0 Å². The van der Waals surface area contributed by atoms with Gasteiger partial charge in [-0.25, -0.2) is 13.6 Å². The van der Waals surface area contributed by atoms with Gasteiger partial charge in [-0.05, 0) is 13.0 Å². The maximum absolute atomic E-state index is 13.3. The number of hydrogen-bond donors (Lipinski definition) is 1. The minimum Gasteiger partial charge on any atom is -0.478 e. The highest BCUT2D eigenvalue weighted by molar-refractivity contribution is 5.90. The van der Waals surface area contributed by atoms with E-state index in [1.54, 1.807) is 0 Å². The summed E-state index contributed by atoms with van der Waals surface area (Å²) in [4.78, 5) is 10.4. The van der Waals surface area contributed by atoms with Crippen molar-refractivity contribution < 1.29 is 18.7 Å². The molecule has 0 radical (unpaired) electrons. The molecule has 0 fully saturated rings. The van der Waals surface area contributed by atoms with E-state index < -0.39 is 23.0 Å². The summed E-state index contributed by atoms with van der Waals surface area (Å²) < 4.78 is 26.1. The minimum atomic E-state index is -2.09. The number of hydrogen-bond acceptors (Lipinski definition) is 1. The number of halogens is 2. The third-order valence-electron chi connectivity index (χ3n) is 1.74. The van der Waals surface area contributed by atoms with Gasteiger partial charge >= 0.3 is 5.97 Å². The van der Waals surface area contributed by atoms with Crippen molar-refractivity contribution in [2.45, 2.75) is 19.0 Å². The van der Waals surface area contributed by atoms with Crippen molar-refractivity contribution >= 4 is 5.97 Å². The average molecular weight is 174 g/mol. The Balaban J connectivity index is 3.17. The van der Waals surface area contributed by atoms with Crippen LogP contribution in [0.2, 0.25) is 0 Å². The van der Waals surface area contributed by atoms with Crippen LogP contribution < -0.4 is 0 Å². The van der Waals surface area contributed by atoms with Gasteiger partial charge in [-0.1, -0.05) is 6.08 Å². The first-order valence-electron chi connectivity index (χ1n) is 3.44. The fraction of sp³-hybridized carbons (Fsp3) is 0.375. The maximum Gasteiger partial charge on any atom is 0.337 e. The average Bonchev–Trinajstić information content (AvgIpc) is 1.82. The van der Waals surface area contributed by atoms with E-state index in [9.17, 15) is 13.6 Å². The van der Waals surface area contributed by atoms with Crippen molar-refractivity contribution in [1.29, 1.82) is 0 Å². The SMILES string of the molecule is CC1(F)CC=CC(F)=C1C(=O)O. The van der Waals surface area contributed by atoms with Gasteiger partial charge in [0.15, 0.2) is 0 Å². The molecule has 1 rings (SSSR count). The maximum atomic E-state index is 13.3. The van der Waals surface area contributed by atoms with E-state index in [0.29, 0.717) is 0 Å². The van der Waals surface area contributed by atoms with Gasteiger partial charge in [0.2, 0.25) is 0 Å². The standard InChI is InChI=1S/C8H8F2O2/c1-8(10)4-2-3-5(9)6(8)7(11)12/h2-3H,4H2,1H3,(H,11,12). The molecule has 1 atom stereocenters. The zero-order valence-corrected chi connectivity index (χ0v) is 6.47. The van der Waals surface area contributed by atoms with E-state index in [2.05, 4.69) is 0 Å². The molecule has 0 aromatic rings. The Morgan fingerprint density at radius 3 is 2.67 bits per heavy atom. The van der Waals surface area contributed by atoms with Crippen molar-refractivity contribution in [2.24, 2.45) is 0 Å². The van der Waals surface area contributed by atoms with E-state index >= 15 is 0 Å². The van der Waals surface area contributed by atoms with Crippen LogP contribution in [-0.2, 0) is 4.79 Å². The van der Waals surface area contributed by atoms with Crippen LogP contribution in [0.15, 0.2) is 23.6 Å². The quantitative estimate of drug-likeness (QED) is 0.659. The fourth-order valence-corrected chi connectivity index (χ4v) is 1.14. The molecule has 0 aromatic carbocycles. The van der Waals surface area contributed by atoms with Crippen LogP contribution in [0.5, 0.6) is 0 Å². The molecular formula is C8H8F2O2. The lowest BCUT2D eigenvalue weighted by atomic mass is 9.89. The molecule has 12 heavy (non-hydrogen) atoms. The fourth-order valence-electron chi connectivity index (χ4n) is 1.14. The molecule has 1 unspecified atom stereocenters. The van der Waals surface area contributed by atoms with Gasteiger partial charge in [0.05, 0.1) is 0 Å². The summed E-state index contributed by atoms with van der Waals surface area (Å²) >= 11 is 0. The number of aliphatic carboxylic acids is 1. The summed E-state index contributed by atoms with van der Waals surface area (Å²) in [5.74, 6) is -2.54. The Morgan fingerprint density at radius 1 is 1.75 bits per heavy atom. The molecule has 0 spiro atoms. The van der Waals surface area contributed by atoms with Gasteiger partial charge < -0.3 is 5.11 Å². The minimum absolute atomic E-state index is 0.0952. The van der Waals surface area contributed by atoms with Gasteiger partial charge in [-0.15, -0.1) is 0 Å². The normalized spacial score (nSPS) is 29.2. The summed E-state index contributed by atoms with van der Waals surface area (Å²) in [5.41, 5.74) is -2.88. The van der Waals surface area contributed by atoms with Crippen molar-refractivity contribution in [2.75, 3.05) is 0 Å². The monoisotopic (exact) mass is 174 g/mol. The Labute approximate surface area is 68.2 Å². The van der Waals surface area contributed by atoms with Crippen LogP contribution >= 0.6 is 0 Å². The number of carboxylic acids is 1.